The van der Waals surface area contributed by atoms with E-state index in [0.717, 1.165) is 31.6 Å². The Morgan fingerprint density at radius 3 is 2.72 bits per heavy atom. The molecule has 0 bridgehead atoms. The second kappa shape index (κ2) is 6.91. The van der Waals surface area contributed by atoms with Crippen molar-refractivity contribution >= 4 is 0 Å². The van der Waals surface area contributed by atoms with Gasteiger partial charge < -0.3 is 10.1 Å². The molecule has 2 nitrogen and oxygen atoms in total. The summed E-state index contributed by atoms with van der Waals surface area (Å²) in [4.78, 5) is 0. The van der Waals surface area contributed by atoms with E-state index in [-0.39, 0.29) is 0 Å². The number of hydrogen-bond donors (Lipinski definition) is 1. The Labute approximate surface area is 111 Å². The lowest BCUT2D eigenvalue weighted by atomic mass is 10.1. The molecule has 0 aliphatic heterocycles. The van der Waals surface area contributed by atoms with E-state index in [2.05, 4.69) is 49.5 Å². The van der Waals surface area contributed by atoms with Gasteiger partial charge in [0.05, 0.1) is 6.61 Å². The van der Waals surface area contributed by atoms with Crippen LogP contribution in [0.1, 0.15) is 38.2 Å². The molecule has 0 heterocycles. The number of hydrogen-bond acceptors (Lipinski definition) is 2. The maximum absolute atomic E-state index is 5.62. The second-order valence-corrected chi connectivity index (χ2v) is 5.14. The van der Waals surface area contributed by atoms with Gasteiger partial charge in [-0.05, 0) is 43.7 Å². The molecule has 0 radical (unpaired) electrons. The molecule has 3 atom stereocenters. The quantitative estimate of drug-likeness (QED) is 0.761. The van der Waals surface area contributed by atoms with Crippen LogP contribution in [0.25, 0.3) is 0 Å². The zero-order valence-corrected chi connectivity index (χ0v) is 11.6. The highest BCUT2D eigenvalue weighted by Gasteiger charge is 2.43. The average molecular weight is 247 g/mol. The third-order valence-electron chi connectivity index (χ3n) is 3.74. The fourth-order valence-electron chi connectivity index (χ4n) is 2.65. The zero-order valence-electron chi connectivity index (χ0n) is 11.6. The first-order chi connectivity index (χ1) is 8.86. The molecule has 18 heavy (non-hydrogen) atoms. The molecule has 0 aromatic heterocycles. The smallest absolute Gasteiger partial charge is 0.0622 e. The van der Waals surface area contributed by atoms with E-state index in [1.165, 1.54) is 18.4 Å². The van der Waals surface area contributed by atoms with Crippen molar-refractivity contribution in [3.05, 3.63) is 35.9 Å². The van der Waals surface area contributed by atoms with Crippen molar-refractivity contribution in [1.82, 2.24) is 5.32 Å². The summed E-state index contributed by atoms with van der Waals surface area (Å²) in [6.07, 6.45) is 2.49. The predicted molar refractivity (Wildman–Crippen MR) is 75.9 cm³/mol. The molecule has 1 aromatic rings. The van der Waals surface area contributed by atoms with Gasteiger partial charge >= 0.3 is 0 Å². The summed E-state index contributed by atoms with van der Waals surface area (Å²) >= 11 is 0. The molecule has 3 unspecified atom stereocenters. The van der Waals surface area contributed by atoms with Crippen molar-refractivity contribution < 1.29 is 4.74 Å². The standard InChI is InChI=1S/C16H25NO/c1-3-10-17-16(12-18-4-2)15-11-14(15)13-8-6-5-7-9-13/h5-9,14-17H,3-4,10-12H2,1-2H3. The summed E-state index contributed by atoms with van der Waals surface area (Å²) < 4.78 is 5.62. The van der Waals surface area contributed by atoms with Crippen LogP contribution in [0.3, 0.4) is 0 Å². The molecule has 1 fully saturated rings. The Kier molecular flexibility index (Phi) is 5.21. The lowest BCUT2D eigenvalue weighted by Gasteiger charge is -2.18. The van der Waals surface area contributed by atoms with E-state index in [0.29, 0.717) is 6.04 Å². The van der Waals surface area contributed by atoms with E-state index >= 15 is 0 Å². The molecule has 2 heteroatoms. The topological polar surface area (TPSA) is 21.3 Å². The van der Waals surface area contributed by atoms with E-state index in [9.17, 15) is 0 Å². The normalized spacial score (nSPS) is 23.9. The van der Waals surface area contributed by atoms with Crippen LogP contribution in [0.15, 0.2) is 30.3 Å². The number of benzene rings is 1. The van der Waals surface area contributed by atoms with Crippen molar-refractivity contribution in [3.63, 3.8) is 0 Å². The van der Waals surface area contributed by atoms with Crippen molar-refractivity contribution in [1.29, 1.82) is 0 Å². The minimum Gasteiger partial charge on any atom is -0.380 e. The zero-order chi connectivity index (χ0) is 12.8. The molecular formula is C16H25NO. The highest BCUT2D eigenvalue weighted by atomic mass is 16.5. The first kappa shape index (κ1) is 13.6. The summed E-state index contributed by atoms with van der Waals surface area (Å²) in [7, 11) is 0. The summed E-state index contributed by atoms with van der Waals surface area (Å²) in [5, 5.41) is 3.64. The molecule has 1 saturated carbocycles. The Balaban J connectivity index is 1.88. The van der Waals surface area contributed by atoms with Gasteiger partial charge in [0.2, 0.25) is 0 Å². The fourth-order valence-corrected chi connectivity index (χ4v) is 2.65. The predicted octanol–water partition coefficient (Wildman–Crippen LogP) is 3.19. The van der Waals surface area contributed by atoms with Gasteiger partial charge in [-0.3, -0.25) is 0 Å². The summed E-state index contributed by atoms with van der Waals surface area (Å²) in [6.45, 7) is 7.04. The number of rotatable bonds is 8. The van der Waals surface area contributed by atoms with Crippen LogP contribution in [0.2, 0.25) is 0 Å². The highest BCUT2D eigenvalue weighted by Crippen LogP contribution is 2.49. The van der Waals surface area contributed by atoms with E-state index < -0.39 is 0 Å². The van der Waals surface area contributed by atoms with E-state index in [1.54, 1.807) is 0 Å². The number of ether oxygens (including phenoxy) is 1. The number of nitrogens with one attached hydrogen (secondary N) is 1. The summed E-state index contributed by atoms with van der Waals surface area (Å²) in [5.74, 6) is 1.49. The Morgan fingerprint density at radius 1 is 1.28 bits per heavy atom. The van der Waals surface area contributed by atoms with Gasteiger partial charge in [-0.25, -0.2) is 0 Å². The van der Waals surface area contributed by atoms with Crippen LogP contribution in [0.5, 0.6) is 0 Å². The van der Waals surface area contributed by atoms with Crippen LogP contribution in [0.4, 0.5) is 0 Å². The third-order valence-corrected chi connectivity index (χ3v) is 3.74. The van der Waals surface area contributed by atoms with Crippen molar-refractivity contribution in [2.45, 2.75) is 38.6 Å². The maximum atomic E-state index is 5.62. The Bertz CT molecular complexity index is 330. The van der Waals surface area contributed by atoms with Crippen LogP contribution in [-0.2, 0) is 4.74 Å². The first-order valence-electron chi connectivity index (χ1n) is 7.22. The van der Waals surface area contributed by atoms with Crippen LogP contribution in [-0.4, -0.2) is 25.8 Å². The van der Waals surface area contributed by atoms with Crippen molar-refractivity contribution in [2.75, 3.05) is 19.8 Å². The Morgan fingerprint density at radius 2 is 2.06 bits per heavy atom. The Hall–Kier alpha value is -0.860. The molecule has 0 saturated heterocycles. The molecular weight excluding hydrogens is 222 g/mol. The largest absolute Gasteiger partial charge is 0.380 e. The average Bonchev–Trinajstić information content (AvgIpc) is 3.20. The van der Waals surface area contributed by atoms with Gasteiger partial charge in [-0.2, -0.15) is 0 Å². The van der Waals surface area contributed by atoms with Crippen LogP contribution < -0.4 is 5.32 Å². The molecule has 1 aromatic carbocycles. The minimum absolute atomic E-state index is 0.523. The van der Waals surface area contributed by atoms with Crippen LogP contribution >= 0.6 is 0 Å². The lowest BCUT2D eigenvalue weighted by molar-refractivity contribution is 0.115. The fraction of sp³-hybridized carbons (Fsp3) is 0.625. The van der Waals surface area contributed by atoms with Gasteiger partial charge in [-0.15, -0.1) is 0 Å². The molecule has 2 rings (SSSR count). The third kappa shape index (κ3) is 3.56. The van der Waals surface area contributed by atoms with Crippen molar-refractivity contribution in [3.8, 4) is 0 Å². The van der Waals surface area contributed by atoms with Gasteiger partial charge in [0.15, 0.2) is 0 Å². The van der Waals surface area contributed by atoms with E-state index in [1.807, 2.05) is 0 Å². The minimum atomic E-state index is 0.523. The first-order valence-corrected chi connectivity index (χ1v) is 7.22. The molecule has 1 aliphatic carbocycles. The van der Waals surface area contributed by atoms with Gasteiger partial charge in [0.1, 0.15) is 0 Å². The monoisotopic (exact) mass is 247 g/mol. The summed E-state index contributed by atoms with van der Waals surface area (Å²) in [6, 6.07) is 11.4. The molecule has 1 N–H and O–H groups in total. The van der Waals surface area contributed by atoms with E-state index in [4.69, 9.17) is 4.74 Å². The van der Waals surface area contributed by atoms with Gasteiger partial charge in [0.25, 0.3) is 0 Å². The second-order valence-electron chi connectivity index (χ2n) is 5.14. The lowest BCUT2D eigenvalue weighted by Crippen LogP contribution is -2.36. The highest BCUT2D eigenvalue weighted by molar-refractivity contribution is 5.26. The maximum Gasteiger partial charge on any atom is 0.0622 e. The summed E-state index contributed by atoms with van der Waals surface area (Å²) in [5.41, 5.74) is 1.49. The van der Waals surface area contributed by atoms with Gasteiger partial charge in [-0.1, -0.05) is 37.3 Å². The van der Waals surface area contributed by atoms with Gasteiger partial charge in [0, 0.05) is 12.6 Å². The molecule has 0 amide bonds. The molecule has 0 spiro atoms. The van der Waals surface area contributed by atoms with Crippen LogP contribution in [0, 0.1) is 5.92 Å². The SMILES string of the molecule is CCCNC(COCC)C1CC1c1ccccc1. The van der Waals surface area contributed by atoms with Crippen molar-refractivity contribution in [2.24, 2.45) is 5.92 Å². The molecule has 100 valence electrons. The molecule has 1 aliphatic rings.